The summed E-state index contributed by atoms with van der Waals surface area (Å²) in [7, 11) is 0. The van der Waals surface area contributed by atoms with E-state index in [4.69, 9.17) is 16.3 Å². The van der Waals surface area contributed by atoms with Crippen LogP contribution in [0.15, 0.2) is 42.5 Å². The van der Waals surface area contributed by atoms with Crippen LogP contribution in [-0.2, 0) is 11.3 Å². The van der Waals surface area contributed by atoms with Gasteiger partial charge in [0.1, 0.15) is 11.5 Å². The molecule has 0 aliphatic carbocycles. The highest BCUT2D eigenvalue weighted by atomic mass is 35.5. The topological polar surface area (TPSA) is 47.6 Å². The molecule has 1 amide bonds. The monoisotopic (exact) mass is 369 g/mol. The van der Waals surface area contributed by atoms with E-state index < -0.39 is 12.7 Å². The molecule has 0 aliphatic heterocycles. The SMILES string of the molecule is Cc1ccc(Cl)c(OC(C)C(=O)NCc2cccc(OC(F)F)c2)c1. The maximum atomic E-state index is 12.2. The van der Waals surface area contributed by atoms with Crippen LogP contribution in [-0.4, -0.2) is 18.6 Å². The van der Waals surface area contributed by atoms with Crippen molar-refractivity contribution in [3.05, 3.63) is 58.6 Å². The van der Waals surface area contributed by atoms with E-state index >= 15 is 0 Å². The summed E-state index contributed by atoms with van der Waals surface area (Å²) in [5.41, 5.74) is 1.59. The first-order valence-corrected chi connectivity index (χ1v) is 7.97. The van der Waals surface area contributed by atoms with Crippen molar-refractivity contribution in [2.45, 2.75) is 33.1 Å². The van der Waals surface area contributed by atoms with Crippen molar-refractivity contribution in [2.75, 3.05) is 0 Å². The predicted octanol–water partition coefficient (Wildman–Crippen LogP) is 4.33. The Labute approximate surface area is 149 Å². The third-order valence-electron chi connectivity index (χ3n) is 3.35. The zero-order chi connectivity index (χ0) is 18.4. The van der Waals surface area contributed by atoms with Crippen molar-refractivity contribution in [3.63, 3.8) is 0 Å². The molecule has 0 saturated carbocycles. The molecule has 2 rings (SSSR count). The van der Waals surface area contributed by atoms with Crippen LogP contribution >= 0.6 is 11.6 Å². The van der Waals surface area contributed by atoms with Gasteiger partial charge in [-0.3, -0.25) is 4.79 Å². The number of carbonyl (C=O) groups is 1. The molecule has 2 aromatic rings. The maximum Gasteiger partial charge on any atom is 0.387 e. The highest BCUT2D eigenvalue weighted by Gasteiger charge is 2.16. The lowest BCUT2D eigenvalue weighted by Crippen LogP contribution is -2.36. The Kier molecular flexibility index (Phi) is 6.58. The quantitative estimate of drug-likeness (QED) is 0.790. The van der Waals surface area contributed by atoms with Gasteiger partial charge in [-0.15, -0.1) is 0 Å². The molecule has 134 valence electrons. The average Bonchev–Trinajstić information content (AvgIpc) is 2.55. The van der Waals surface area contributed by atoms with Crippen LogP contribution in [0.4, 0.5) is 8.78 Å². The minimum Gasteiger partial charge on any atom is -0.479 e. The number of hydrogen-bond acceptors (Lipinski definition) is 3. The Morgan fingerprint density at radius 1 is 1.20 bits per heavy atom. The third kappa shape index (κ3) is 5.90. The zero-order valence-electron chi connectivity index (χ0n) is 13.8. The number of aryl methyl sites for hydroxylation is 1. The first-order valence-electron chi connectivity index (χ1n) is 7.59. The van der Waals surface area contributed by atoms with Gasteiger partial charge in [0.15, 0.2) is 6.10 Å². The van der Waals surface area contributed by atoms with Gasteiger partial charge in [-0.05, 0) is 49.2 Å². The number of halogens is 3. The minimum absolute atomic E-state index is 0.0394. The number of hydrogen-bond donors (Lipinski definition) is 1. The standard InChI is InChI=1S/C18H18ClF2NO3/c1-11-6-7-15(19)16(8-11)24-12(2)17(23)22-10-13-4-3-5-14(9-13)25-18(20)21/h3-9,12,18H,10H2,1-2H3,(H,22,23). The molecule has 25 heavy (non-hydrogen) atoms. The van der Waals surface area contributed by atoms with E-state index in [0.717, 1.165) is 5.56 Å². The van der Waals surface area contributed by atoms with Crippen molar-refractivity contribution in [2.24, 2.45) is 0 Å². The lowest BCUT2D eigenvalue weighted by Gasteiger charge is -2.16. The normalized spacial score (nSPS) is 11.9. The third-order valence-corrected chi connectivity index (χ3v) is 3.66. The van der Waals surface area contributed by atoms with Gasteiger partial charge in [0.25, 0.3) is 5.91 Å². The summed E-state index contributed by atoms with van der Waals surface area (Å²) in [6.45, 7) is 0.763. The van der Waals surface area contributed by atoms with Crippen LogP contribution < -0.4 is 14.8 Å². The first-order chi connectivity index (χ1) is 11.8. The molecule has 0 radical (unpaired) electrons. The largest absolute Gasteiger partial charge is 0.479 e. The molecule has 2 aromatic carbocycles. The van der Waals surface area contributed by atoms with Crippen LogP contribution in [0.25, 0.3) is 0 Å². The van der Waals surface area contributed by atoms with Crippen LogP contribution in [0.5, 0.6) is 11.5 Å². The van der Waals surface area contributed by atoms with E-state index in [2.05, 4.69) is 10.1 Å². The van der Waals surface area contributed by atoms with Gasteiger partial charge >= 0.3 is 6.61 Å². The summed E-state index contributed by atoms with van der Waals surface area (Å²) in [4.78, 5) is 12.1. The van der Waals surface area contributed by atoms with E-state index in [0.29, 0.717) is 16.3 Å². The van der Waals surface area contributed by atoms with Crippen molar-refractivity contribution in [3.8, 4) is 11.5 Å². The van der Waals surface area contributed by atoms with Gasteiger partial charge in [-0.1, -0.05) is 29.8 Å². The van der Waals surface area contributed by atoms with Crippen LogP contribution in [0.3, 0.4) is 0 Å². The molecule has 1 atom stereocenters. The summed E-state index contributed by atoms with van der Waals surface area (Å²) in [5.74, 6) is 0.118. The van der Waals surface area contributed by atoms with Crippen molar-refractivity contribution in [1.29, 1.82) is 0 Å². The van der Waals surface area contributed by atoms with Gasteiger partial charge in [0.05, 0.1) is 5.02 Å². The molecule has 0 saturated heterocycles. The van der Waals surface area contributed by atoms with E-state index in [1.807, 2.05) is 13.0 Å². The van der Waals surface area contributed by atoms with Gasteiger partial charge in [-0.2, -0.15) is 8.78 Å². The van der Waals surface area contributed by atoms with Gasteiger partial charge in [0.2, 0.25) is 0 Å². The molecular weight excluding hydrogens is 352 g/mol. The highest BCUT2D eigenvalue weighted by Crippen LogP contribution is 2.26. The first kappa shape index (κ1) is 19.0. The van der Waals surface area contributed by atoms with Gasteiger partial charge in [0, 0.05) is 6.54 Å². The van der Waals surface area contributed by atoms with Crippen LogP contribution in [0.2, 0.25) is 5.02 Å². The molecule has 0 heterocycles. The number of nitrogens with one attached hydrogen (secondary N) is 1. The second-order valence-electron chi connectivity index (χ2n) is 5.44. The molecule has 0 aliphatic rings. The molecule has 4 nitrogen and oxygen atoms in total. The number of ether oxygens (including phenoxy) is 2. The zero-order valence-corrected chi connectivity index (χ0v) is 14.5. The van der Waals surface area contributed by atoms with Crippen LogP contribution in [0.1, 0.15) is 18.1 Å². The summed E-state index contributed by atoms with van der Waals surface area (Å²) < 4.78 is 34.4. The van der Waals surface area contributed by atoms with E-state index in [9.17, 15) is 13.6 Å². The van der Waals surface area contributed by atoms with E-state index in [1.165, 1.54) is 12.1 Å². The van der Waals surface area contributed by atoms with Crippen molar-refractivity contribution in [1.82, 2.24) is 5.32 Å². The Balaban J connectivity index is 1.92. The Hall–Kier alpha value is -2.34. The molecule has 1 unspecified atom stereocenters. The lowest BCUT2D eigenvalue weighted by molar-refractivity contribution is -0.127. The number of carbonyl (C=O) groups excluding carboxylic acids is 1. The molecule has 0 spiro atoms. The molecule has 7 heteroatoms. The summed E-state index contributed by atoms with van der Waals surface area (Å²) >= 11 is 6.04. The second kappa shape index (κ2) is 8.67. The van der Waals surface area contributed by atoms with Crippen molar-refractivity contribution >= 4 is 17.5 Å². The molecule has 0 bridgehead atoms. The number of alkyl halides is 2. The Morgan fingerprint density at radius 3 is 2.68 bits per heavy atom. The number of rotatable bonds is 7. The van der Waals surface area contributed by atoms with E-state index in [-0.39, 0.29) is 18.2 Å². The fraction of sp³-hybridized carbons (Fsp3) is 0.278. The Bertz CT molecular complexity index is 740. The number of benzene rings is 2. The summed E-state index contributed by atoms with van der Waals surface area (Å²) in [5, 5.41) is 3.10. The summed E-state index contributed by atoms with van der Waals surface area (Å²) in [6.07, 6.45) is -0.764. The lowest BCUT2D eigenvalue weighted by atomic mass is 10.2. The minimum atomic E-state index is -2.89. The maximum absolute atomic E-state index is 12.2. The molecular formula is C18H18ClF2NO3. The van der Waals surface area contributed by atoms with Gasteiger partial charge in [-0.25, -0.2) is 0 Å². The average molecular weight is 370 g/mol. The van der Waals surface area contributed by atoms with Crippen molar-refractivity contribution < 1.29 is 23.0 Å². The van der Waals surface area contributed by atoms with E-state index in [1.54, 1.807) is 31.2 Å². The summed E-state index contributed by atoms with van der Waals surface area (Å²) in [6, 6.07) is 11.4. The smallest absolute Gasteiger partial charge is 0.387 e. The van der Waals surface area contributed by atoms with Gasteiger partial charge < -0.3 is 14.8 Å². The second-order valence-corrected chi connectivity index (χ2v) is 5.84. The molecule has 0 aromatic heterocycles. The fourth-order valence-corrected chi connectivity index (χ4v) is 2.27. The van der Waals surface area contributed by atoms with Crippen LogP contribution in [0, 0.1) is 6.92 Å². The predicted molar refractivity (Wildman–Crippen MR) is 91.2 cm³/mol. The highest BCUT2D eigenvalue weighted by molar-refractivity contribution is 6.32. The number of amides is 1. The molecule has 1 N–H and O–H groups in total. The fourth-order valence-electron chi connectivity index (χ4n) is 2.11. The Morgan fingerprint density at radius 2 is 1.96 bits per heavy atom. The molecule has 0 fully saturated rings.